The summed E-state index contributed by atoms with van der Waals surface area (Å²) in [4.78, 5) is 0. The molecule has 0 unspecified atom stereocenters. The van der Waals surface area contributed by atoms with Crippen molar-refractivity contribution in [1.29, 1.82) is 0 Å². The van der Waals surface area contributed by atoms with Crippen LogP contribution >= 0.6 is 11.9 Å². The first kappa shape index (κ1) is 22.5. The highest BCUT2D eigenvalue weighted by molar-refractivity contribution is 7.97. The summed E-state index contributed by atoms with van der Waals surface area (Å²) in [7, 11) is 3.61. The summed E-state index contributed by atoms with van der Waals surface area (Å²) < 4.78 is 7.72. The van der Waals surface area contributed by atoms with Crippen LogP contribution in [0.2, 0.25) is 0 Å². The molecule has 0 saturated carbocycles. The Labute approximate surface area is 62.9 Å². The van der Waals surface area contributed by atoms with Crippen LogP contribution in [0.1, 0.15) is 0 Å². The fourth-order valence-electron chi connectivity index (χ4n) is 0.227. The summed E-state index contributed by atoms with van der Waals surface area (Å²) in [5, 5.41) is 0. The molecule has 0 rings (SSSR count). The van der Waals surface area contributed by atoms with Gasteiger partial charge in [0.1, 0.15) is 0 Å². The summed E-state index contributed by atoms with van der Waals surface area (Å²) in [5.41, 5.74) is 0. The van der Waals surface area contributed by atoms with E-state index in [1.807, 2.05) is 7.05 Å². The summed E-state index contributed by atoms with van der Waals surface area (Å²) in [6, 6.07) is 0. The van der Waals surface area contributed by atoms with E-state index in [4.69, 9.17) is 4.74 Å². The number of ether oxygens (including phenoxy) is 1. The average molecular weight is 181 g/mol. The fraction of sp³-hybridized carbons (Fsp3) is 1.00. The molecule has 0 aromatic heterocycles. The van der Waals surface area contributed by atoms with Gasteiger partial charge in [0.15, 0.2) is 0 Å². The van der Waals surface area contributed by atoms with E-state index in [-0.39, 0.29) is 14.1 Å². The Bertz CT molecular complexity index is 39.7. The lowest BCUT2D eigenvalue weighted by molar-refractivity contribution is 0.218. The number of hydrogen-bond donors (Lipinski definition) is 1. The molecule has 6 heteroatoms. The molecule has 0 aliphatic heterocycles. The van der Waals surface area contributed by atoms with Crippen LogP contribution in [0, 0.1) is 0 Å². The van der Waals surface area contributed by atoms with Crippen LogP contribution < -0.4 is 4.72 Å². The lowest BCUT2D eigenvalue weighted by Crippen LogP contribution is -1.98. The molecule has 0 atom stereocenters. The summed E-state index contributed by atoms with van der Waals surface area (Å²) in [6.07, 6.45) is 0. The summed E-state index contributed by atoms with van der Waals surface area (Å²) in [6.45, 7) is 0.825. The molecule has 0 radical (unpaired) electrons. The quantitative estimate of drug-likeness (QED) is 0.515. The molecule has 0 aromatic carbocycles. The van der Waals surface area contributed by atoms with Gasteiger partial charge in [0.05, 0.1) is 6.61 Å². The Kier molecular flexibility index (Phi) is 51.7. The van der Waals surface area contributed by atoms with Gasteiger partial charge in [-0.25, -0.2) is 0 Å². The van der Waals surface area contributed by atoms with E-state index in [2.05, 4.69) is 4.72 Å². The largest absolute Gasteiger partial charge is 0.384 e. The first-order chi connectivity index (χ1) is 3.41. The molecule has 0 heterocycles. The van der Waals surface area contributed by atoms with Crippen molar-refractivity contribution in [1.82, 2.24) is 4.72 Å². The fourth-order valence-corrected chi connectivity index (χ4v) is 0.681. The molecule has 0 amide bonds. The second-order valence-corrected chi connectivity index (χ2v) is 2.15. The van der Waals surface area contributed by atoms with Crippen LogP contribution in [-0.2, 0) is 4.74 Å². The zero-order valence-corrected chi connectivity index (χ0v) is 6.77. The second-order valence-electron chi connectivity index (χ2n) is 1.05. The molecule has 0 spiro atoms. The topological polar surface area (TPSA) is 21.3 Å². The molecule has 2 nitrogen and oxygen atoms in total. The predicted octanol–water partition coefficient (Wildman–Crippen LogP) is 0.958. The van der Waals surface area contributed by atoms with Crippen molar-refractivity contribution in [2.75, 3.05) is 26.5 Å². The third-order valence-corrected chi connectivity index (χ3v) is 1.19. The van der Waals surface area contributed by atoms with Crippen molar-refractivity contribution >= 4 is 11.9 Å². The van der Waals surface area contributed by atoms with Gasteiger partial charge < -0.3 is 4.74 Å². The molecule has 68 valence electrons. The number of hydrogen-bond acceptors (Lipinski definition) is 3. The molecular weight excluding hydrogens is 167 g/mol. The maximum Gasteiger partial charge on any atom is 0.0565 e. The van der Waals surface area contributed by atoms with E-state index in [1.54, 1.807) is 19.1 Å². The Hall–Kier alpha value is 0.0600. The third kappa shape index (κ3) is 24.4. The van der Waals surface area contributed by atoms with Crippen LogP contribution in [0.4, 0.5) is 14.1 Å². The zero-order valence-electron chi connectivity index (χ0n) is 5.96. The van der Waals surface area contributed by atoms with E-state index in [0.717, 1.165) is 12.4 Å². The highest BCUT2D eigenvalue weighted by atomic mass is 32.2. The SMILES string of the molecule is CNSCCOC.F.F.F. The van der Waals surface area contributed by atoms with Crippen molar-refractivity contribution in [2.24, 2.45) is 0 Å². The highest BCUT2D eigenvalue weighted by Crippen LogP contribution is 1.87. The number of halogens is 3. The van der Waals surface area contributed by atoms with E-state index in [1.165, 1.54) is 0 Å². The Morgan fingerprint density at radius 2 is 1.80 bits per heavy atom. The van der Waals surface area contributed by atoms with Gasteiger partial charge in [-0.3, -0.25) is 18.8 Å². The molecule has 0 aromatic rings. The Morgan fingerprint density at radius 1 is 1.30 bits per heavy atom. The molecular formula is C4H14F3NOS. The molecule has 0 bridgehead atoms. The summed E-state index contributed by atoms with van der Waals surface area (Å²) >= 11 is 1.66. The van der Waals surface area contributed by atoms with Crippen molar-refractivity contribution in [3.8, 4) is 0 Å². The standard InChI is InChI=1S/C4H11NOS.3FH/c1-5-7-4-3-6-2;;;/h5H,3-4H2,1-2H3;3*1H. The smallest absolute Gasteiger partial charge is 0.0565 e. The maximum atomic E-state index is 4.78. The predicted molar refractivity (Wildman–Crippen MR) is 40.9 cm³/mol. The van der Waals surface area contributed by atoms with Gasteiger partial charge in [0, 0.05) is 12.9 Å². The maximum absolute atomic E-state index is 4.78. The number of methoxy groups -OCH3 is 1. The van der Waals surface area contributed by atoms with E-state index in [9.17, 15) is 0 Å². The van der Waals surface area contributed by atoms with Crippen molar-refractivity contribution in [2.45, 2.75) is 0 Å². The second kappa shape index (κ2) is 23.0. The minimum absolute atomic E-state index is 0. The minimum Gasteiger partial charge on any atom is -0.384 e. The van der Waals surface area contributed by atoms with E-state index >= 15 is 0 Å². The monoisotopic (exact) mass is 181 g/mol. The number of rotatable bonds is 4. The normalized spacial score (nSPS) is 6.60. The zero-order chi connectivity index (χ0) is 5.54. The molecule has 10 heavy (non-hydrogen) atoms. The lowest BCUT2D eigenvalue weighted by atomic mass is 10.9. The van der Waals surface area contributed by atoms with Gasteiger partial charge in [-0.1, -0.05) is 11.9 Å². The first-order valence-electron chi connectivity index (χ1n) is 2.19. The van der Waals surface area contributed by atoms with Crippen LogP contribution in [-0.4, -0.2) is 26.5 Å². The Morgan fingerprint density at radius 3 is 2.10 bits per heavy atom. The molecule has 0 fully saturated rings. The van der Waals surface area contributed by atoms with Crippen LogP contribution in [0.25, 0.3) is 0 Å². The first-order valence-corrected chi connectivity index (χ1v) is 3.18. The molecule has 0 aliphatic carbocycles. The minimum atomic E-state index is 0. The molecule has 1 N–H and O–H groups in total. The number of nitrogens with one attached hydrogen (secondary N) is 1. The average Bonchev–Trinajstić information content (AvgIpc) is 1.69. The van der Waals surface area contributed by atoms with Gasteiger partial charge in [-0.2, -0.15) is 0 Å². The van der Waals surface area contributed by atoms with Crippen LogP contribution in [0.5, 0.6) is 0 Å². The van der Waals surface area contributed by atoms with Gasteiger partial charge in [-0.15, -0.1) is 0 Å². The van der Waals surface area contributed by atoms with E-state index < -0.39 is 0 Å². The summed E-state index contributed by atoms with van der Waals surface area (Å²) in [5.74, 6) is 1.02. The van der Waals surface area contributed by atoms with Crippen LogP contribution in [0.3, 0.4) is 0 Å². The van der Waals surface area contributed by atoms with Crippen molar-refractivity contribution in [3.05, 3.63) is 0 Å². The molecule has 0 aliphatic rings. The highest BCUT2D eigenvalue weighted by Gasteiger charge is 1.79. The Balaban J connectivity index is -0.0000000600. The van der Waals surface area contributed by atoms with Gasteiger partial charge in [0.2, 0.25) is 0 Å². The van der Waals surface area contributed by atoms with Crippen LogP contribution in [0.15, 0.2) is 0 Å². The van der Waals surface area contributed by atoms with Crippen molar-refractivity contribution < 1.29 is 18.9 Å². The molecule has 0 saturated heterocycles. The van der Waals surface area contributed by atoms with Gasteiger partial charge in [-0.05, 0) is 7.05 Å². The van der Waals surface area contributed by atoms with Gasteiger partial charge in [0.25, 0.3) is 0 Å². The lowest BCUT2D eigenvalue weighted by Gasteiger charge is -1.94. The van der Waals surface area contributed by atoms with Gasteiger partial charge >= 0.3 is 0 Å². The van der Waals surface area contributed by atoms with E-state index in [0.29, 0.717) is 0 Å². The third-order valence-electron chi connectivity index (χ3n) is 0.534. The van der Waals surface area contributed by atoms with Crippen molar-refractivity contribution in [3.63, 3.8) is 0 Å².